The molecular formula is C64H103O19P3. The summed E-state index contributed by atoms with van der Waals surface area (Å²) in [6, 6.07) is 14.4. The number of aliphatic hydroxyl groups is 1. The van der Waals surface area contributed by atoms with Crippen LogP contribution in [0.15, 0.2) is 48.5 Å². The van der Waals surface area contributed by atoms with Gasteiger partial charge in [0.25, 0.3) is 0 Å². The molecule has 0 radical (unpaired) electrons. The maximum Gasteiger partial charge on any atom is 0.475 e. The van der Waals surface area contributed by atoms with Crippen LogP contribution in [0.2, 0.25) is 0 Å². The van der Waals surface area contributed by atoms with Gasteiger partial charge in [-0.15, -0.1) is 0 Å². The van der Waals surface area contributed by atoms with Gasteiger partial charge in [0, 0.05) is 32.8 Å². The molecule has 2 saturated carbocycles. The molecule has 2 aliphatic carbocycles. The number of carbonyl (C=O) groups is 2. The fraction of sp³-hybridized carbons (Fsp3) is 0.781. The number of hydrogen-bond acceptors (Lipinski definition) is 19. The van der Waals surface area contributed by atoms with E-state index in [9.17, 15) is 28.4 Å². The Bertz CT molecular complexity index is 2380. The van der Waals surface area contributed by atoms with Gasteiger partial charge >= 0.3 is 35.4 Å². The van der Waals surface area contributed by atoms with Gasteiger partial charge in [0.15, 0.2) is 11.9 Å². The van der Waals surface area contributed by atoms with Crippen molar-refractivity contribution in [3.05, 3.63) is 70.8 Å². The number of esters is 2. The second-order valence-corrected chi connectivity index (χ2v) is 29.0. The maximum absolute atomic E-state index is 15.0. The van der Waals surface area contributed by atoms with Gasteiger partial charge in [0.05, 0.1) is 33.0 Å². The molecule has 19 nitrogen and oxygen atoms in total. The molecule has 3 aliphatic heterocycles. The van der Waals surface area contributed by atoms with E-state index in [0.717, 1.165) is 58.5 Å². The number of aliphatic hydroxyl groups excluding tert-OH is 1. The zero-order valence-corrected chi connectivity index (χ0v) is 54.6. The number of hydrogen-bond donors (Lipinski definition) is 1. The van der Waals surface area contributed by atoms with E-state index in [1.807, 2.05) is 24.3 Å². The van der Waals surface area contributed by atoms with Gasteiger partial charge < -0.3 is 24.1 Å². The lowest BCUT2D eigenvalue weighted by Crippen LogP contribution is -2.64. The molecule has 1 N–H and O–H groups in total. The van der Waals surface area contributed by atoms with Crippen molar-refractivity contribution in [2.45, 2.75) is 301 Å². The third-order valence-electron chi connectivity index (χ3n) is 17.1. The van der Waals surface area contributed by atoms with Crippen molar-refractivity contribution < 1.29 is 88.1 Å². The van der Waals surface area contributed by atoms with Gasteiger partial charge in [-0.2, -0.15) is 0 Å². The first-order valence-electron chi connectivity index (χ1n) is 32.9. The van der Waals surface area contributed by atoms with E-state index in [2.05, 4.69) is 13.8 Å². The van der Waals surface area contributed by atoms with Gasteiger partial charge in [-0.1, -0.05) is 223 Å². The second kappa shape index (κ2) is 37.8. The smallest absolute Gasteiger partial charge is 0.462 e. The molecule has 1 saturated heterocycles. The predicted molar refractivity (Wildman–Crippen MR) is 325 cm³/mol. The molecule has 0 amide bonds. The topological polar surface area (TPSA) is 226 Å². The van der Waals surface area contributed by atoms with Crippen LogP contribution >= 0.6 is 23.5 Å². The van der Waals surface area contributed by atoms with Crippen LogP contribution in [0.1, 0.15) is 248 Å². The Labute approximate surface area is 513 Å². The average molecular weight is 1270 g/mol. The Balaban J connectivity index is 1.02. The predicted octanol–water partition coefficient (Wildman–Crippen LogP) is 16.9. The van der Waals surface area contributed by atoms with E-state index >= 15 is 0 Å². The molecule has 22 heteroatoms. The molecule has 488 valence electrons. The molecule has 0 bridgehead atoms. The lowest BCUT2D eigenvalue weighted by atomic mass is 9.85. The first-order valence-corrected chi connectivity index (χ1v) is 37.3. The van der Waals surface area contributed by atoms with Crippen molar-refractivity contribution in [2.24, 2.45) is 0 Å². The van der Waals surface area contributed by atoms with E-state index in [-0.39, 0.29) is 39.3 Å². The summed E-state index contributed by atoms with van der Waals surface area (Å²) in [7, 11) is -13.0. The van der Waals surface area contributed by atoms with Crippen LogP contribution in [0, 0.1) is 0 Å². The van der Waals surface area contributed by atoms with Gasteiger partial charge in [-0.3, -0.25) is 50.3 Å². The monoisotopic (exact) mass is 1270 g/mol. The van der Waals surface area contributed by atoms with Crippen LogP contribution in [0.4, 0.5) is 0 Å². The molecule has 3 heterocycles. The Hall–Kier alpha value is -2.41. The lowest BCUT2D eigenvalue weighted by molar-refractivity contribution is -0.202. The first-order chi connectivity index (χ1) is 41.8. The van der Waals surface area contributed by atoms with Gasteiger partial charge in [0.1, 0.15) is 43.2 Å². The molecule has 1 spiro atoms. The molecule has 86 heavy (non-hydrogen) atoms. The van der Waals surface area contributed by atoms with Crippen molar-refractivity contribution in [3.63, 3.8) is 0 Å². The summed E-state index contributed by atoms with van der Waals surface area (Å²) in [5.41, 5.74) is 2.81. The molecule has 2 unspecified atom stereocenters. The number of rotatable bonds is 41. The number of ether oxygens (including phenoxy) is 4. The van der Waals surface area contributed by atoms with E-state index in [0.29, 0.717) is 60.8 Å². The summed E-state index contributed by atoms with van der Waals surface area (Å²) in [5.74, 6) is -2.29. The van der Waals surface area contributed by atoms with Crippen molar-refractivity contribution in [3.8, 4) is 0 Å². The van der Waals surface area contributed by atoms with Crippen LogP contribution in [0.25, 0.3) is 0 Å². The summed E-state index contributed by atoms with van der Waals surface area (Å²) in [5, 5.41) is 12.7. The summed E-state index contributed by atoms with van der Waals surface area (Å²) in [4.78, 5) is 26.7. The Morgan fingerprint density at radius 2 is 0.930 bits per heavy atom. The lowest BCUT2D eigenvalue weighted by Gasteiger charge is -2.45. The fourth-order valence-corrected chi connectivity index (χ4v) is 15.8. The highest BCUT2D eigenvalue weighted by molar-refractivity contribution is 7.49. The highest BCUT2D eigenvalue weighted by Crippen LogP contribution is 2.62. The number of phosphoric ester groups is 3. The van der Waals surface area contributed by atoms with E-state index in [1.54, 1.807) is 24.3 Å². The van der Waals surface area contributed by atoms with Crippen molar-refractivity contribution in [1.29, 1.82) is 0 Å². The summed E-state index contributed by atoms with van der Waals surface area (Å²) < 4.78 is 123. The summed E-state index contributed by atoms with van der Waals surface area (Å²) in [6.07, 6.45) is 22.4. The Morgan fingerprint density at radius 3 is 1.35 bits per heavy atom. The zero-order chi connectivity index (χ0) is 60.9. The van der Waals surface area contributed by atoms with E-state index < -0.39 is 97.1 Å². The standard InChI is InChI=1S/C64H103O19P3/c1-4-6-8-10-12-14-16-18-20-22-24-26-29-41-56(65)72-49-55(78-57(66)42-30-27-25-23-21-19-17-15-13-11-9-7-5-2)50-77-84(68,71-3)81-59-58(67)60(82-85(69)73-45-51-37-31-32-38-52(51)46-74-85)63(62-61(59)79-64(80-62)43-35-28-36-44-64)83-86(70)75-47-53-39-33-34-40-54(53)48-76-86/h31-34,37-40,55,58-63,67H,4-30,35-36,41-50H2,1-3H3/t55?,58-,59-,60+,61-,62-,63-,84?/m0/s1. The summed E-state index contributed by atoms with van der Waals surface area (Å²) in [6.45, 7) is 2.79. The van der Waals surface area contributed by atoms with Crippen LogP contribution in [0.5, 0.6) is 0 Å². The Kier molecular flexibility index (Phi) is 31.2. The van der Waals surface area contributed by atoms with Gasteiger partial charge in [-0.05, 0) is 47.9 Å². The first kappa shape index (κ1) is 71.0. The van der Waals surface area contributed by atoms with Crippen molar-refractivity contribution in [2.75, 3.05) is 20.3 Å². The number of fused-ring (bicyclic) bond motifs is 3. The maximum atomic E-state index is 15.0. The van der Waals surface area contributed by atoms with Crippen LogP contribution in [-0.4, -0.2) is 85.9 Å². The number of phosphoric acid groups is 3. The third-order valence-corrected chi connectivity index (χ3v) is 21.3. The second-order valence-electron chi connectivity index (χ2n) is 24.1. The molecule has 2 aromatic rings. The van der Waals surface area contributed by atoms with Crippen LogP contribution < -0.4 is 0 Å². The molecule has 0 aromatic heterocycles. The van der Waals surface area contributed by atoms with E-state index in [4.69, 9.17) is 59.7 Å². The highest BCUT2D eigenvalue weighted by Gasteiger charge is 2.65. The zero-order valence-electron chi connectivity index (χ0n) is 51.9. The SMILES string of the molecule is CCCCCCCCCCCCCCCC(=O)OCC(COP(=O)(OC)O[C@H]1[C@H](O)[C@@H](OP2(=O)OCc3ccccc3CO2)[C@H](OP2(=O)OCc3ccccc3CO2)[C@H]2OC3(CCCCC3)O[C@H]21)OC(=O)CCCCCCCCCCCCCCC. The largest absolute Gasteiger partial charge is 0.475 e. The van der Waals surface area contributed by atoms with Crippen molar-refractivity contribution in [1.82, 2.24) is 0 Å². The fourth-order valence-electron chi connectivity index (χ4n) is 12.0. The number of benzene rings is 2. The van der Waals surface area contributed by atoms with Crippen LogP contribution in [0.3, 0.4) is 0 Å². The Morgan fingerprint density at radius 1 is 0.547 bits per heavy atom. The van der Waals surface area contributed by atoms with E-state index in [1.165, 1.54) is 109 Å². The molecule has 7 rings (SSSR count). The molecule has 5 aliphatic rings. The summed E-state index contributed by atoms with van der Waals surface area (Å²) >= 11 is 0. The molecule has 2 aromatic carbocycles. The highest BCUT2D eigenvalue weighted by atomic mass is 31.2. The van der Waals surface area contributed by atoms with Crippen LogP contribution in [-0.2, 0) is 109 Å². The quantitative estimate of drug-likeness (QED) is 0.0371. The minimum atomic E-state index is -4.85. The normalized spacial score (nSPS) is 24.1. The van der Waals surface area contributed by atoms with Gasteiger partial charge in [0.2, 0.25) is 0 Å². The minimum Gasteiger partial charge on any atom is -0.462 e. The van der Waals surface area contributed by atoms with Crippen molar-refractivity contribution >= 4 is 35.4 Å². The average Bonchev–Trinajstić information content (AvgIpc) is 1.66. The van der Waals surface area contributed by atoms with Gasteiger partial charge in [-0.25, -0.2) is 13.7 Å². The third kappa shape index (κ3) is 23.4. The molecule has 3 fully saturated rings. The minimum absolute atomic E-state index is 0.111. The molecule has 8 atom stereocenters. The molecular weight excluding hydrogens is 1170 g/mol. The number of carbonyl (C=O) groups excluding carboxylic acids is 2. The number of unbranched alkanes of at least 4 members (excludes halogenated alkanes) is 24.